The van der Waals surface area contributed by atoms with Gasteiger partial charge in [-0.05, 0) is 47.9 Å². The van der Waals surface area contributed by atoms with Gasteiger partial charge >= 0.3 is 6.03 Å². The van der Waals surface area contributed by atoms with Gasteiger partial charge in [0, 0.05) is 30.2 Å². The monoisotopic (exact) mass is 386 g/mol. The van der Waals surface area contributed by atoms with Crippen molar-refractivity contribution in [3.05, 3.63) is 59.4 Å². The van der Waals surface area contributed by atoms with E-state index in [0.29, 0.717) is 28.6 Å². The van der Waals surface area contributed by atoms with Gasteiger partial charge in [-0.1, -0.05) is 0 Å². The molecule has 5 nitrogen and oxygen atoms in total. The molecule has 3 N–H and O–H groups in total. The quantitative estimate of drug-likeness (QED) is 0.560. The van der Waals surface area contributed by atoms with Crippen LogP contribution in [0.5, 0.6) is 0 Å². The molecule has 1 aromatic heterocycles. The molecule has 8 heteroatoms. The van der Waals surface area contributed by atoms with Crippen molar-refractivity contribution in [2.75, 3.05) is 13.1 Å². The fourth-order valence-electron chi connectivity index (χ4n) is 2.99. The van der Waals surface area contributed by atoms with Gasteiger partial charge in [-0.2, -0.15) is 5.26 Å². The summed E-state index contributed by atoms with van der Waals surface area (Å²) in [6, 6.07) is 9.14. The van der Waals surface area contributed by atoms with E-state index in [-0.39, 0.29) is 25.0 Å². The van der Waals surface area contributed by atoms with Crippen molar-refractivity contribution in [2.24, 2.45) is 0 Å². The third-order valence-corrected chi connectivity index (χ3v) is 4.25. The number of nitrogens with one attached hydrogen (secondary N) is 3. The van der Waals surface area contributed by atoms with Crippen molar-refractivity contribution in [1.29, 1.82) is 5.26 Å². The smallest absolute Gasteiger partial charge is 0.314 e. The summed E-state index contributed by atoms with van der Waals surface area (Å²) < 4.78 is 41.2. The lowest BCUT2D eigenvalue weighted by Gasteiger charge is -2.08. The number of halogens is 3. The Labute approximate surface area is 159 Å². The highest BCUT2D eigenvalue weighted by atomic mass is 19.1. The highest BCUT2D eigenvalue weighted by Crippen LogP contribution is 2.32. The van der Waals surface area contributed by atoms with E-state index in [0.717, 1.165) is 6.07 Å². The number of hydrogen-bond acceptors (Lipinski definition) is 2. The standard InChI is InChI=1S/C20H17F3N4O/c21-13-4-2-12(3-5-13)18-15(6-9-26-20(28)25-8-1-7-24)16-10-14(22)11-17(23)19(16)27-18/h2-5,10-11,27H,1,6,8-9H2,(H2,25,26,28). The lowest BCUT2D eigenvalue weighted by Crippen LogP contribution is -2.37. The van der Waals surface area contributed by atoms with E-state index in [1.165, 1.54) is 18.2 Å². The molecule has 0 bridgehead atoms. The van der Waals surface area contributed by atoms with Crippen LogP contribution >= 0.6 is 0 Å². The van der Waals surface area contributed by atoms with Crippen LogP contribution in [0.1, 0.15) is 12.0 Å². The molecule has 2 amide bonds. The number of amides is 2. The van der Waals surface area contributed by atoms with Crippen molar-refractivity contribution in [1.82, 2.24) is 15.6 Å². The maximum absolute atomic E-state index is 14.2. The molecule has 0 saturated carbocycles. The molecule has 0 fully saturated rings. The predicted octanol–water partition coefficient (Wildman–Crippen LogP) is 4.01. The molecule has 0 unspecified atom stereocenters. The number of carbonyl (C=O) groups is 1. The summed E-state index contributed by atoms with van der Waals surface area (Å²) in [7, 11) is 0. The Kier molecular flexibility index (Phi) is 5.84. The summed E-state index contributed by atoms with van der Waals surface area (Å²) in [6.45, 7) is 0.435. The molecule has 144 valence electrons. The number of aromatic nitrogens is 1. The van der Waals surface area contributed by atoms with Crippen LogP contribution in [0.3, 0.4) is 0 Å². The van der Waals surface area contributed by atoms with E-state index in [4.69, 9.17) is 5.26 Å². The largest absolute Gasteiger partial charge is 0.352 e. The minimum atomic E-state index is -0.730. The zero-order valence-electron chi connectivity index (χ0n) is 14.8. The van der Waals surface area contributed by atoms with Crippen LogP contribution in [-0.2, 0) is 6.42 Å². The molecular formula is C20H17F3N4O. The van der Waals surface area contributed by atoms with E-state index in [9.17, 15) is 18.0 Å². The summed E-state index contributed by atoms with van der Waals surface area (Å²) in [5, 5.41) is 14.0. The molecule has 3 rings (SSSR count). The Hall–Kier alpha value is -3.47. The van der Waals surface area contributed by atoms with E-state index >= 15 is 0 Å². The maximum atomic E-state index is 14.2. The summed E-state index contributed by atoms with van der Waals surface area (Å²) in [5.41, 5.74) is 1.91. The van der Waals surface area contributed by atoms with E-state index in [1.54, 1.807) is 12.1 Å². The normalized spacial score (nSPS) is 10.6. The van der Waals surface area contributed by atoms with E-state index in [2.05, 4.69) is 15.6 Å². The molecular weight excluding hydrogens is 369 g/mol. The number of nitriles is 1. The highest BCUT2D eigenvalue weighted by Gasteiger charge is 2.17. The third-order valence-electron chi connectivity index (χ3n) is 4.25. The topological polar surface area (TPSA) is 80.7 Å². The first-order valence-corrected chi connectivity index (χ1v) is 8.63. The molecule has 28 heavy (non-hydrogen) atoms. The molecule has 0 atom stereocenters. The van der Waals surface area contributed by atoms with Crippen molar-refractivity contribution in [2.45, 2.75) is 12.8 Å². The molecule has 2 aromatic carbocycles. The van der Waals surface area contributed by atoms with Gasteiger partial charge < -0.3 is 15.6 Å². The van der Waals surface area contributed by atoms with Crippen molar-refractivity contribution >= 4 is 16.9 Å². The Morgan fingerprint density at radius 3 is 2.46 bits per heavy atom. The van der Waals surface area contributed by atoms with Gasteiger partial charge in [0.1, 0.15) is 17.5 Å². The molecule has 0 spiro atoms. The average molecular weight is 386 g/mol. The van der Waals surface area contributed by atoms with Gasteiger partial charge in [0.05, 0.1) is 18.0 Å². The minimum Gasteiger partial charge on any atom is -0.352 e. The SMILES string of the molecule is N#CCCNC(=O)NCCc1c(-c2ccc(F)cc2)[nH]c2c(F)cc(F)cc12. The first kappa shape index (κ1) is 19.3. The molecule has 1 heterocycles. The van der Waals surface area contributed by atoms with Gasteiger partial charge in [-0.3, -0.25) is 0 Å². The summed E-state index contributed by atoms with van der Waals surface area (Å²) >= 11 is 0. The van der Waals surface area contributed by atoms with Crippen molar-refractivity contribution in [3.8, 4) is 17.3 Å². The van der Waals surface area contributed by atoms with Gasteiger partial charge in [-0.25, -0.2) is 18.0 Å². The van der Waals surface area contributed by atoms with Gasteiger partial charge in [0.2, 0.25) is 0 Å². The Bertz CT molecular complexity index is 1040. The number of hydrogen-bond donors (Lipinski definition) is 3. The molecule has 0 saturated heterocycles. The molecule has 0 aliphatic heterocycles. The van der Waals surface area contributed by atoms with Gasteiger partial charge in [0.25, 0.3) is 0 Å². The molecule has 3 aromatic rings. The molecule has 0 aliphatic rings. The maximum Gasteiger partial charge on any atom is 0.314 e. The summed E-state index contributed by atoms with van der Waals surface area (Å²) in [5.74, 6) is -1.85. The number of fused-ring (bicyclic) bond motifs is 1. The fraction of sp³-hybridized carbons (Fsp3) is 0.200. The number of urea groups is 1. The van der Waals surface area contributed by atoms with Crippen molar-refractivity contribution in [3.63, 3.8) is 0 Å². The summed E-state index contributed by atoms with van der Waals surface area (Å²) in [6.07, 6.45) is 0.490. The number of carbonyl (C=O) groups excluding carboxylic acids is 1. The van der Waals surface area contributed by atoms with Crippen LogP contribution in [0.2, 0.25) is 0 Å². The number of nitrogens with zero attached hydrogens (tertiary/aromatic N) is 1. The van der Waals surface area contributed by atoms with Crippen LogP contribution in [-0.4, -0.2) is 24.1 Å². The fourth-order valence-corrected chi connectivity index (χ4v) is 2.99. The van der Waals surface area contributed by atoms with E-state index in [1.807, 2.05) is 6.07 Å². The van der Waals surface area contributed by atoms with Crippen LogP contribution in [0, 0.1) is 28.8 Å². The molecule has 0 aliphatic carbocycles. The van der Waals surface area contributed by atoms with Crippen LogP contribution < -0.4 is 10.6 Å². The average Bonchev–Trinajstić information content (AvgIpc) is 3.01. The van der Waals surface area contributed by atoms with Crippen LogP contribution in [0.4, 0.5) is 18.0 Å². The summed E-state index contributed by atoms with van der Waals surface area (Å²) in [4.78, 5) is 14.7. The van der Waals surface area contributed by atoms with Crippen LogP contribution in [0.15, 0.2) is 36.4 Å². The Morgan fingerprint density at radius 1 is 1.04 bits per heavy atom. The highest BCUT2D eigenvalue weighted by molar-refractivity contribution is 5.91. The Morgan fingerprint density at radius 2 is 1.75 bits per heavy atom. The lowest BCUT2D eigenvalue weighted by molar-refractivity contribution is 0.241. The first-order valence-electron chi connectivity index (χ1n) is 8.63. The van der Waals surface area contributed by atoms with Crippen LogP contribution in [0.25, 0.3) is 22.2 Å². The number of rotatable bonds is 6. The van der Waals surface area contributed by atoms with E-state index < -0.39 is 23.5 Å². The molecule has 0 radical (unpaired) electrons. The number of aromatic amines is 1. The van der Waals surface area contributed by atoms with Gasteiger partial charge in [0.15, 0.2) is 0 Å². The lowest BCUT2D eigenvalue weighted by atomic mass is 10.0. The Balaban J connectivity index is 1.88. The zero-order valence-corrected chi connectivity index (χ0v) is 14.8. The first-order chi connectivity index (χ1) is 13.5. The van der Waals surface area contributed by atoms with Gasteiger partial charge in [-0.15, -0.1) is 0 Å². The third kappa shape index (κ3) is 4.26. The minimum absolute atomic E-state index is 0.147. The second kappa shape index (κ2) is 8.48. The number of benzene rings is 2. The van der Waals surface area contributed by atoms with Crippen molar-refractivity contribution < 1.29 is 18.0 Å². The second-order valence-corrected chi connectivity index (χ2v) is 6.14. The number of H-pyrrole nitrogens is 1. The predicted molar refractivity (Wildman–Crippen MR) is 98.9 cm³/mol. The second-order valence-electron chi connectivity index (χ2n) is 6.14. The zero-order chi connectivity index (χ0) is 20.1.